The van der Waals surface area contributed by atoms with Crippen LogP contribution < -0.4 is 5.69 Å². The van der Waals surface area contributed by atoms with Gasteiger partial charge in [-0.2, -0.15) is 4.98 Å². The summed E-state index contributed by atoms with van der Waals surface area (Å²) in [5.74, 6) is 0. The maximum atomic E-state index is 11.7. The van der Waals surface area contributed by atoms with Crippen molar-refractivity contribution in [3.8, 4) is 11.4 Å². The minimum Gasteiger partial charge on any atom is -0.380 e. The van der Waals surface area contributed by atoms with Gasteiger partial charge in [0.1, 0.15) is 0 Å². The van der Waals surface area contributed by atoms with Crippen LogP contribution in [0.15, 0.2) is 35.1 Å². The van der Waals surface area contributed by atoms with Crippen molar-refractivity contribution in [3.05, 3.63) is 40.8 Å². The minimum absolute atomic E-state index is 0.00406. The van der Waals surface area contributed by atoms with Gasteiger partial charge in [0.05, 0.1) is 24.0 Å². The Bertz CT molecular complexity index is 507. The van der Waals surface area contributed by atoms with Crippen molar-refractivity contribution in [2.75, 3.05) is 7.11 Å². The summed E-state index contributed by atoms with van der Waals surface area (Å²) in [6.45, 7) is 2.45. The number of imidazole rings is 1. The molecule has 0 fully saturated rings. The fraction of sp³-hybridized carbons (Fsp3) is 0.333. The van der Waals surface area contributed by atoms with Gasteiger partial charge in [0, 0.05) is 7.11 Å². The molecule has 1 aliphatic carbocycles. The first kappa shape index (κ1) is 10.8. The first-order valence-corrected chi connectivity index (χ1v) is 5.21. The van der Waals surface area contributed by atoms with Crippen molar-refractivity contribution in [1.29, 1.82) is 0 Å². The first-order chi connectivity index (χ1) is 7.72. The molecule has 2 rings (SSSR count). The first-order valence-electron chi connectivity index (χ1n) is 5.21. The molecule has 4 heteroatoms. The van der Waals surface area contributed by atoms with Crippen LogP contribution in [0.1, 0.15) is 6.92 Å². The monoisotopic (exact) mass is 218 g/mol. The van der Waals surface area contributed by atoms with E-state index in [9.17, 15) is 4.79 Å². The lowest BCUT2D eigenvalue weighted by molar-refractivity contribution is 0.103. The van der Waals surface area contributed by atoms with Gasteiger partial charge in [-0.1, -0.05) is 18.2 Å². The van der Waals surface area contributed by atoms with Crippen LogP contribution in [0.4, 0.5) is 0 Å². The summed E-state index contributed by atoms with van der Waals surface area (Å²) in [5, 5.41) is 0. The molecule has 1 unspecified atom stereocenters. The van der Waals surface area contributed by atoms with Gasteiger partial charge in [-0.3, -0.25) is 4.57 Å². The molecule has 0 aromatic carbocycles. The molecular formula is C12H14N2O2. The van der Waals surface area contributed by atoms with Gasteiger partial charge >= 0.3 is 5.69 Å². The molecule has 0 aromatic rings. The number of hydrogen-bond donors (Lipinski definition) is 0. The van der Waals surface area contributed by atoms with E-state index in [1.54, 1.807) is 11.7 Å². The molecule has 16 heavy (non-hydrogen) atoms. The van der Waals surface area contributed by atoms with Gasteiger partial charge < -0.3 is 4.74 Å². The predicted octanol–water partition coefficient (Wildman–Crippen LogP) is 1.38. The standard InChI is InChI=1S/C12H14N2O2/c1-9(16-2)8-14-11-7-5-3-4-6-10(11)13-12(14)15/h3-7,9H,8H2,1-2H3. The molecule has 1 atom stereocenters. The topological polar surface area (TPSA) is 44.1 Å². The summed E-state index contributed by atoms with van der Waals surface area (Å²) in [6, 6.07) is 9.42. The second-order valence-corrected chi connectivity index (χ2v) is 3.73. The summed E-state index contributed by atoms with van der Waals surface area (Å²) in [7, 11) is 1.63. The molecule has 84 valence electrons. The average Bonchev–Trinajstić information content (AvgIpc) is 2.46. The van der Waals surface area contributed by atoms with Crippen LogP contribution in [-0.2, 0) is 11.3 Å². The number of ether oxygens (including phenoxy) is 1. The fourth-order valence-electron chi connectivity index (χ4n) is 1.63. The lowest BCUT2D eigenvalue weighted by Crippen LogP contribution is -2.24. The smallest absolute Gasteiger partial charge is 0.348 e. The zero-order valence-electron chi connectivity index (χ0n) is 9.38. The van der Waals surface area contributed by atoms with Crippen molar-refractivity contribution in [2.45, 2.75) is 19.6 Å². The van der Waals surface area contributed by atoms with Crippen LogP contribution in [-0.4, -0.2) is 22.8 Å². The largest absolute Gasteiger partial charge is 0.380 e. The third-order valence-electron chi connectivity index (χ3n) is 2.57. The Kier molecular flexibility index (Phi) is 3.01. The van der Waals surface area contributed by atoms with E-state index in [0.29, 0.717) is 6.54 Å². The molecule has 0 bridgehead atoms. The van der Waals surface area contributed by atoms with Gasteiger partial charge in [-0.15, -0.1) is 0 Å². The number of rotatable bonds is 3. The quantitative estimate of drug-likeness (QED) is 0.781. The van der Waals surface area contributed by atoms with Crippen molar-refractivity contribution < 1.29 is 4.74 Å². The van der Waals surface area contributed by atoms with E-state index in [-0.39, 0.29) is 11.8 Å². The lowest BCUT2D eigenvalue weighted by Gasteiger charge is -2.10. The van der Waals surface area contributed by atoms with E-state index in [0.717, 1.165) is 11.4 Å². The Labute approximate surface area is 93.9 Å². The number of nitrogens with zero attached hydrogens (tertiary/aromatic N) is 2. The molecule has 0 saturated carbocycles. The van der Waals surface area contributed by atoms with E-state index >= 15 is 0 Å². The molecule has 1 heterocycles. The average molecular weight is 218 g/mol. The molecule has 0 radical (unpaired) electrons. The van der Waals surface area contributed by atoms with Crippen LogP contribution in [0, 0.1) is 0 Å². The van der Waals surface area contributed by atoms with Crippen LogP contribution in [0.3, 0.4) is 0 Å². The van der Waals surface area contributed by atoms with Gasteiger partial charge in [-0.05, 0) is 19.1 Å². The predicted molar refractivity (Wildman–Crippen MR) is 61.6 cm³/mol. The second kappa shape index (κ2) is 4.45. The maximum Gasteiger partial charge on any atom is 0.348 e. The molecular weight excluding hydrogens is 204 g/mol. The molecule has 0 saturated heterocycles. The van der Waals surface area contributed by atoms with Crippen molar-refractivity contribution >= 4 is 0 Å². The van der Waals surface area contributed by atoms with Crippen molar-refractivity contribution in [2.24, 2.45) is 0 Å². The second-order valence-electron chi connectivity index (χ2n) is 3.73. The zero-order chi connectivity index (χ0) is 11.5. The highest BCUT2D eigenvalue weighted by Crippen LogP contribution is 2.16. The van der Waals surface area contributed by atoms with Crippen LogP contribution in [0.25, 0.3) is 11.4 Å². The number of hydrogen-bond acceptors (Lipinski definition) is 3. The van der Waals surface area contributed by atoms with Crippen molar-refractivity contribution in [3.63, 3.8) is 0 Å². The van der Waals surface area contributed by atoms with E-state index in [1.165, 1.54) is 0 Å². The van der Waals surface area contributed by atoms with Crippen LogP contribution in [0.2, 0.25) is 0 Å². The van der Waals surface area contributed by atoms with E-state index in [2.05, 4.69) is 4.98 Å². The number of aromatic nitrogens is 2. The third kappa shape index (κ3) is 1.97. The summed E-state index contributed by atoms with van der Waals surface area (Å²) in [5.41, 5.74) is 1.35. The summed E-state index contributed by atoms with van der Waals surface area (Å²) >= 11 is 0. The van der Waals surface area contributed by atoms with Gasteiger partial charge in [-0.25, -0.2) is 4.79 Å². The van der Waals surface area contributed by atoms with Crippen LogP contribution in [0.5, 0.6) is 0 Å². The number of fused-ring (bicyclic) bond motifs is 1. The molecule has 2 aliphatic rings. The highest BCUT2D eigenvalue weighted by molar-refractivity contribution is 5.55. The molecule has 0 N–H and O–H groups in total. The zero-order valence-corrected chi connectivity index (χ0v) is 9.38. The van der Waals surface area contributed by atoms with Gasteiger partial charge in [0.15, 0.2) is 0 Å². The van der Waals surface area contributed by atoms with Crippen molar-refractivity contribution in [1.82, 2.24) is 9.55 Å². The van der Waals surface area contributed by atoms with Gasteiger partial charge in [0.2, 0.25) is 0 Å². The fourth-order valence-corrected chi connectivity index (χ4v) is 1.63. The summed E-state index contributed by atoms with van der Waals surface area (Å²) in [6.07, 6.45) is -0.00406. The van der Waals surface area contributed by atoms with Crippen LogP contribution >= 0.6 is 0 Å². The molecule has 0 spiro atoms. The van der Waals surface area contributed by atoms with E-state index in [1.807, 2.05) is 37.3 Å². The van der Waals surface area contributed by atoms with E-state index in [4.69, 9.17) is 4.74 Å². The lowest BCUT2D eigenvalue weighted by atomic mass is 10.3. The highest BCUT2D eigenvalue weighted by atomic mass is 16.5. The Morgan fingerprint density at radius 3 is 2.88 bits per heavy atom. The molecule has 0 aromatic heterocycles. The highest BCUT2D eigenvalue weighted by Gasteiger charge is 2.14. The Morgan fingerprint density at radius 1 is 1.38 bits per heavy atom. The summed E-state index contributed by atoms with van der Waals surface area (Å²) < 4.78 is 6.81. The van der Waals surface area contributed by atoms with Gasteiger partial charge in [0.25, 0.3) is 0 Å². The SMILES string of the molecule is COC(C)Cn1c2cccccc-2nc1=O. The number of methoxy groups -OCH3 is 1. The Morgan fingerprint density at radius 2 is 2.12 bits per heavy atom. The Balaban J connectivity index is 2.48. The molecule has 0 amide bonds. The third-order valence-corrected chi connectivity index (χ3v) is 2.57. The summed E-state index contributed by atoms with van der Waals surface area (Å²) in [4.78, 5) is 15.7. The molecule has 4 nitrogen and oxygen atoms in total. The van der Waals surface area contributed by atoms with E-state index < -0.39 is 0 Å². The molecule has 1 aliphatic heterocycles. The normalized spacial score (nSPS) is 12.9. The minimum atomic E-state index is -0.217. The maximum absolute atomic E-state index is 11.7. The Hall–Kier alpha value is -1.68.